The molecule has 0 spiro atoms. The summed E-state index contributed by atoms with van der Waals surface area (Å²) < 4.78 is 5.28. The number of rotatable bonds is 3. The van der Waals surface area contributed by atoms with Gasteiger partial charge in [-0.3, -0.25) is 0 Å². The Balaban J connectivity index is 2.15. The van der Waals surface area contributed by atoms with Crippen LogP contribution in [-0.4, -0.2) is 7.11 Å². The van der Waals surface area contributed by atoms with Crippen LogP contribution in [0.25, 0.3) is 0 Å². The Bertz CT molecular complexity index is 1200. The maximum absolute atomic E-state index is 5.28. The third-order valence-corrected chi connectivity index (χ3v) is 7.73. The van der Waals surface area contributed by atoms with E-state index in [-0.39, 0.29) is 16.2 Å². The monoisotopic (exact) mass is 484 g/mol. The zero-order valence-electron chi connectivity index (χ0n) is 23.2. The normalized spacial score (nSPS) is 12.5. The number of hydrogen-bond donors (Lipinski definition) is 0. The molecule has 0 aliphatic heterocycles. The van der Waals surface area contributed by atoms with Crippen LogP contribution in [0.1, 0.15) is 90.1 Å². The molecule has 0 amide bonds. The average molecular weight is 485 g/mol. The number of methoxy groups -OCH3 is 1. The van der Waals surface area contributed by atoms with E-state index < -0.39 is 0 Å². The first-order chi connectivity index (χ1) is 16.2. The highest BCUT2D eigenvalue weighted by Gasteiger charge is 2.29. The van der Waals surface area contributed by atoms with E-state index in [4.69, 9.17) is 4.74 Å². The van der Waals surface area contributed by atoms with E-state index in [1.165, 1.54) is 27.3 Å². The number of ether oxygens (including phenoxy) is 1. The van der Waals surface area contributed by atoms with Crippen LogP contribution in [0.5, 0.6) is 5.75 Å². The molecule has 0 radical (unpaired) electrons. The average Bonchev–Trinajstić information content (AvgIpc) is 2.76. The second-order valence-corrected chi connectivity index (χ2v) is 13.6. The first kappa shape index (κ1) is 27.0. The van der Waals surface area contributed by atoms with Gasteiger partial charge in [0.2, 0.25) is 0 Å². The molecule has 3 rings (SSSR count). The van der Waals surface area contributed by atoms with Crippen molar-refractivity contribution in [2.24, 2.45) is 0 Å². The molecule has 0 aliphatic rings. The number of hydrogen-bond acceptors (Lipinski definition) is 1. The van der Waals surface area contributed by atoms with Crippen LogP contribution in [-0.2, 0) is 16.2 Å². The van der Waals surface area contributed by atoms with E-state index in [1.807, 2.05) is 24.3 Å². The molecule has 184 valence electrons. The lowest BCUT2D eigenvalue weighted by atomic mass is 9.75. The topological polar surface area (TPSA) is 9.23 Å². The van der Waals surface area contributed by atoms with Crippen LogP contribution in [0.4, 0.5) is 0 Å². The summed E-state index contributed by atoms with van der Waals surface area (Å²) in [5.41, 5.74) is 6.60. The Kier molecular flexibility index (Phi) is 7.89. The van der Waals surface area contributed by atoms with Gasteiger partial charge in [-0.1, -0.05) is 113 Å². The van der Waals surface area contributed by atoms with Gasteiger partial charge in [-0.15, -0.1) is 0 Å². The van der Waals surface area contributed by atoms with Crippen molar-refractivity contribution >= 4 is 19.2 Å². The van der Waals surface area contributed by atoms with E-state index in [1.54, 1.807) is 7.11 Å². The van der Waals surface area contributed by atoms with E-state index in [9.17, 15) is 0 Å². The maximum Gasteiger partial charge on any atom is 0.118 e. The molecule has 1 unspecified atom stereocenters. The summed E-state index contributed by atoms with van der Waals surface area (Å²) in [6.45, 7) is 21.0. The molecule has 0 heterocycles. The molecule has 3 aromatic carbocycles. The SMILES string of the molecule is COc1ccc(C#Cc2ccccc2Pc2c(C(C)(C)C)cc(C(C)(C)C)cc2C(C)(C)C)cc1. The minimum absolute atomic E-state index is 0.0489. The van der Waals surface area contributed by atoms with Gasteiger partial charge in [-0.05, 0) is 73.9 Å². The molecule has 2 heteroatoms. The second-order valence-electron chi connectivity index (χ2n) is 12.3. The van der Waals surface area contributed by atoms with E-state index in [0.29, 0.717) is 8.58 Å². The molecule has 0 aliphatic carbocycles. The predicted molar refractivity (Wildman–Crippen MR) is 156 cm³/mol. The molecule has 3 aromatic rings. The summed E-state index contributed by atoms with van der Waals surface area (Å²) in [4.78, 5) is 0. The van der Waals surface area contributed by atoms with Crippen molar-refractivity contribution in [3.63, 3.8) is 0 Å². The molecular weight excluding hydrogens is 443 g/mol. The summed E-state index contributed by atoms with van der Waals surface area (Å²) >= 11 is 0. The van der Waals surface area contributed by atoms with E-state index >= 15 is 0 Å². The third kappa shape index (κ3) is 6.78. The third-order valence-electron chi connectivity index (χ3n) is 6.24. The zero-order chi connectivity index (χ0) is 26.0. The quantitative estimate of drug-likeness (QED) is 0.274. The van der Waals surface area contributed by atoms with Crippen molar-refractivity contribution in [2.75, 3.05) is 7.11 Å². The molecular formula is C33H41OP. The number of benzene rings is 3. The largest absolute Gasteiger partial charge is 0.497 e. The highest BCUT2D eigenvalue weighted by atomic mass is 31.1. The fourth-order valence-electron chi connectivity index (χ4n) is 4.04. The molecule has 1 atom stereocenters. The molecule has 0 fully saturated rings. The van der Waals surface area contributed by atoms with Gasteiger partial charge in [0.15, 0.2) is 0 Å². The smallest absolute Gasteiger partial charge is 0.118 e. The molecule has 35 heavy (non-hydrogen) atoms. The molecule has 0 aromatic heterocycles. The summed E-state index contributed by atoms with van der Waals surface area (Å²) in [6.07, 6.45) is 0. The first-order valence-corrected chi connectivity index (χ1v) is 13.4. The molecule has 0 saturated carbocycles. The minimum Gasteiger partial charge on any atom is -0.497 e. The Morgan fingerprint density at radius 1 is 0.657 bits per heavy atom. The van der Waals surface area contributed by atoms with E-state index in [2.05, 4.69) is 111 Å². The van der Waals surface area contributed by atoms with Crippen LogP contribution in [0, 0.1) is 11.8 Å². The zero-order valence-corrected chi connectivity index (χ0v) is 24.2. The molecule has 0 saturated heterocycles. The summed E-state index contributed by atoms with van der Waals surface area (Å²) in [6, 6.07) is 21.5. The van der Waals surface area contributed by atoms with Gasteiger partial charge in [0.25, 0.3) is 0 Å². The van der Waals surface area contributed by atoms with Gasteiger partial charge < -0.3 is 4.74 Å². The van der Waals surface area contributed by atoms with Crippen LogP contribution in [0.2, 0.25) is 0 Å². The van der Waals surface area contributed by atoms with Gasteiger partial charge in [-0.25, -0.2) is 0 Å². The summed E-state index contributed by atoms with van der Waals surface area (Å²) in [5.74, 6) is 7.66. The Labute approximate surface area is 215 Å². The van der Waals surface area contributed by atoms with Crippen LogP contribution in [0.15, 0.2) is 60.7 Å². The Morgan fingerprint density at radius 2 is 1.20 bits per heavy atom. The van der Waals surface area contributed by atoms with Crippen LogP contribution in [0.3, 0.4) is 0 Å². The summed E-state index contributed by atoms with van der Waals surface area (Å²) in [7, 11) is 2.23. The first-order valence-electron chi connectivity index (χ1n) is 12.4. The van der Waals surface area contributed by atoms with Crippen molar-refractivity contribution in [3.8, 4) is 17.6 Å². The molecule has 0 bridgehead atoms. The summed E-state index contributed by atoms with van der Waals surface area (Å²) in [5, 5.41) is 2.77. The second kappa shape index (κ2) is 10.2. The van der Waals surface area contributed by atoms with Crippen molar-refractivity contribution in [1.29, 1.82) is 0 Å². The van der Waals surface area contributed by atoms with Gasteiger partial charge >= 0.3 is 0 Å². The lowest BCUT2D eigenvalue weighted by Crippen LogP contribution is -2.31. The van der Waals surface area contributed by atoms with Crippen LogP contribution >= 0.6 is 8.58 Å². The minimum atomic E-state index is 0.0489. The highest BCUT2D eigenvalue weighted by molar-refractivity contribution is 7.56. The van der Waals surface area contributed by atoms with Crippen molar-refractivity contribution < 1.29 is 4.74 Å². The van der Waals surface area contributed by atoms with Crippen molar-refractivity contribution in [2.45, 2.75) is 78.6 Å². The molecule has 1 nitrogen and oxygen atoms in total. The van der Waals surface area contributed by atoms with Gasteiger partial charge in [0.1, 0.15) is 5.75 Å². The highest BCUT2D eigenvalue weighted by Crippen LogP contribution is 2.36. The van der Waals surface area contributed by atoms with Gasteiger partial charge in [0.05, 0.1) is 7.11 Å². The van der Waals surface area contributed by atoms with Crippen LogP contribution < -0.4 is 15.3 Å². The van der Waals surface area contributed by atoms with Crippen molar-refractivity contribution in [3.05, 3.63) is 88.5 Å². The van der Waals surface area contributed by atoms with Crippen molar-refractivity contribution in [1.82, 2.24) is 0 Å². The Hall–Kier alpha value is -2.55. The predicted octanol–water partition coefficient (Wildman–Crippen LogP) is 7.62. The van der Waals surface area contributed by atoms with E-state index in [0.717, 1.165) is 16.9 Å². The fraction of sp³-hybridized carbons (Fsp3) is 0.394. The fourth-order valence-corrected chi connectivity index (χ4v) is 5.94. The Morgan fingerprint density at radius 3 is 1.69 bits per heavy atom. The van der Waals surface area contributed by atoms with Gasteiger partial charge in [0, 0.05) is 11.1 Å². The lowest BCUT2D eigenvalue weighted by molar-refractivity contribution is 0.415. The lowest BCUT2D eigenvalue weighted by Gasteiger charge is -2.33. The molecule has 0 N–H and O–H groups in total. The maximum atomic E-state index is 5.28. The van der Waals surface area contributed by atoms with Gasteiger partial charge in [-0.2, -0.15) is 0 Å². The standard InChI is InChI=1S/C33H41OP/c1-31(2,3)25-21-27(32(4,5)6)30(28(22-25)33(7,8)9)35-29-14-12-11-13-24(29)18-15-23-16-19-26(34-10)20-17-23/h11-14,16-17,19-22,35H,1-10H3.